The number of benzene rings is 8. The minimum Gasteiger partial charge on any atom is -0.456 e. The quantitative estimate of drug-likeness (QED) is 0.201. The molecule has 1 aliphatic rings. The molecule has 2 heterocycles. The lowest BCUT2D eigenvalue weighted by Gasteiger charge is -2.22. The minimum absolute atomic E-state index is 0.400. The van der Waals surface area contributed by atoms with Crippen LogP contribution in [0.5, 0.6) is 0 Å². The van der Waals surface area contributed by atoms with Crippen LogP contribution in [0.4, 0.5) is 0 Å². The van der Waals surface area contributed by atoms with Gasteiger partial charge < -0.3 is 9.73 Å². The molecule has 0 fully saturated rings. The van der Waals surface area contributed by atoms with Crippen LogP contribution < -0.4 is 5.32 Å². The Hall–Kier alpha value is -6.78. The van der Waals surface area contributed by atoms with Crippen LogP contribution in [0.2, 0.25) is 0 Å². The minimum atomic E-state index is -0.400. The van der Waals surface area contributed by atoms with E-state index < -0.39 is 6.17 Å². The van der Waals surface area contributed by atoms with E-state index in [9.17, 15) is 0 Å². The molecule has 1 aromatic heterocycles. The fourth-order valence-electron chi connectivity index (χ4n) is 7.36. The molecule has 51 heavy (non-hydrogen) atoms. The summed E-state index contributed by atoms with van der Waals surface area (Å²) in [5.41, 5.74) is 9.40. The Morgan fingerprint density at radius 3 is 1.67 bits per heavy atom. The second-order valence-electron chi connectivity index (χ2n) is 13.0. The van der Waals surface area contributed by atoms with Crippen LogP contribution in [0, 0.1) is 0 Å². The SMILES string of the molecule is c1ccc(C2=NC(c3ccc(-c4c(-c5ccc6ccccc6c5)ccc5oc6cc7ccccc7cc6c45)cc3)N=C(c3ccccc3)N2)cc1. The highest BCUT2D eigenvalue weighted by Gasteiger charge is 2.22. The van der Waals surface area contributed by atoms with Crippen LogP contribution in [0.25, 0.3) is 65.7 Å². The number of nitrogens with zero attached hydrogens (tertiary/aromatic N) is 2. The smallest absolute Gasteiger partial charge is 0.169 e. The third-order valence-corrected chi connectivity index (χ3v) is 9.90. The average Bonchev–Trinajstić information content (AvgIpc) is 3.57. The van der Waals surface area contributed by atoms with Gasteiger partial charge >= 0.3 is 0 Å². The van der Waals surface area contributed by atoms with Gasteiger partial charge in [-0.1, -0.05) is 152 Å². The molecule has 10 rings (SSSR count). The molecule has 9 aromatic rings. The van der Waals surface area contributed by atoms with E-state index in [0.29, 0.717) is 0 Å². The predicted molar refractivity (Wildman–Crippen MR) is 211 cm³/mol. The summed E-state index contributed by atoms with van der Waals surface area (Å²) in [6, 6.07) is 61.8. The Balaban J connectivity index is 1.15. The van der Waals surface area contributed by atoms with Crippen LogP contribution in [0.15, 0.2) is 190 Å². The van der Waals surface area contributed by atoms with Crippen molar-refractivity contribution < 1.29 is 4.42 Å². The number of rotatable bonds is 5. The Bertz CT molecular complexity index is 2760. The van der Waals surface area contributed by atoms with Gasteiger partial charge in [0.15, 0.2) is 6.17 Å². The van der Waals surface area contributed by atoms with Crippen LogP contribution in [-0.4, -0.2) is 11.7 Å². The van der Waals surface area contributed by atoms with Gasteiger partial charge in [-0.15, -0.1) is 0 Å². The van der Waals surface area contributed by atoms with Crippen LogP contribution in [0.3, 0.4) is 0 Å². The van der Waals surface area contributed by atoms with Crippen molar-refractivity contribution in [3.05, 3.63) is 193 Å². The summed E-state index contributed by atoms with van der Waals surface area (Å²) in [7, 11) is 0. The maximum Gasteiger partial charge on any atom is 0.169 e. The lowest BCUT2D eigenvalue weighted by molar-refractivity contribution is 0.669. The van der Waals surface area contributed by atoms with Crippen molar-refractivity contribution in [3.63, 3.8) is 0 Å². The van der Waals surface area contributed by atoms with E-state index >= 15 is 0 Å². The standard InChI is InChI=1S/C47H31N3O/c1-3-12-32(13-4-1)45-48-46(33-14-5-2-6-15-33)50-47(49-45)34-22-20-31(21-23-34)43-39(38-24-19-30-11-7-8-16-35(30)27-38)25-26-41-44(43)40-28-36-17-9-10-18-37(36)29-42(40)51-41/h1-29,47H,(H,48,49,50). The second-order valence-corrected chi connectivity index (χ2v) is 13.0. The molecular weight excluding hydrogens is 623 g/mol. The van der Waals surface area contributed by atoms with Crippen molar-refractivity contribution in [1.29, 1.82) is 0 Å². The largest absolute Gasteiger partial charge is 0.456 e. The predicted octanol–water partition coefficient (Wildman–Crippen LogP) is 11.7. The van der Waals surface area contributed by atoms with Gasteiger partial charge in [-0.25, -0.2) is 9.98 Å². The molecule has 0 spiro atoms. The topological polar surface area (TPSA) is 49.9 Å². The van der Waals surface area contributed by atoms with Crippen LogP contribution >= 0.6 is 0 Å². The molecular formula is C47H31N3O. The van der Waals surface area contributed by atoms with Gasteiger partial charge in [-0.3, -0.25) is 0 Å². The highest BCUT2D eigenvalue weighted by molar-refractivity contribution is 6.19. The molecule has 1 N–H and O–H groups in total. The Morgan fingerprint density at radius 1 is 0.431 bits per heavy atom. The third-order valence-electron chi connectivity index (χ3n) is 9.90. The van der Waals surface area contributed by atoms with Gasteiger partial charge in [0, 0.05) is 27.5 Å². The van der Waals surface area contributed by atoms with Crippen molar-refractivity contribution in [2.75, 3.05) is 0 Å². The van der Waals surface area contributed by atoms with Gasteiger partial charge in [0.1, 0.15) is 22.8 Å². The monoisotopic (exact) mass is 653 g/mol. The second kappa shape index (κ2) is 12.0. The number of nitrogens with one attached hydrogen (secondary N) is 1. The molecule has 0 bridgehead atoms. The molecule has 0 atom stereocenters. The number of aliphatic imine (C=N–C) groups is 2. The first-order chi connectivity index (χ1) is 25.2. The highest BCUT2D eigenvalue weighted by Crippen LogP contribution is 2.44. The Morgan fingerprint density at radius 2 is 1.00 bits per heavy atom. The fourth-order valence-corrected chi connectivity index (χ4v) is 7.36. The summed E-state index contributed by atoms with van der Waals surface area (Å²) < 4.78 is 6.57. The molecule has 0 unspecified atom stereocenters. The van der Waals surface area contributed by atoms with Crippen molar-refractivity contribution in [2.24, 2.45) is 9.98 Å². The van der Waals surface area contributed by atoms with Gasteiger partial charge in [0.25, 0.3) is 0 Å². The number of hydrogen-bond donors (Lipinski definition) is 1. The van der Waals surface area contributed by atoms with Crippen molar-refractivity contribution in [3.8, 4) is 22.3 Å². The molecule has 0 saturated carbocycles. The molecule has 1 aliphatic heterocycles. The van der Waals surface area contributed by atoms with Crippen molar-refractivity contribution in [2.45, 2.75) is 6.17 Å². The maximum atomic E-state index is 6.57. The van der Waals surface area contributed by atoms with E-state index in [1.54, 1.807) is 0 Å². The summed E-state index contributed by atoms with van der Waals surface area (Å²) in [6.45, 7) is 0. The van der Waals surface area contributed by atoms with Crippen LogP contribution in [0.1, 0.15) is 22.9 Å². The van der Waals surface area contributed by atoms with Gasteiger partial charge in [-0.2, -0.15) is 0 Å². The number of amidine groups is 2. The summed E-state index contributed by atoms with van der Waals surface area (Å²) >= 11 is 0. The van der Waals surface area contributed by atoms with Gasteiger partial charge in [0.2, 0.25) is 0 Å². The molecule has 240 valence electrons. The van der Waals surface area contributed by atoms with Gasteiger partial charge in [0.05, 0.1) is 0 Å². The fraction of sp³-hybridized carbons (Fsp3) is 0.0213. The van der Waals surface area contributed by atoms with Crippen LogP contribution in [-0.2, 0) is 0 Å². The van der Waals surface area contributed by atoms with E-state index in [-0.39, 0.29) is 0 Å². The summed E-state index contributed by atoms with van der Waals surface area (Å²) in [5, 5.41) is 10.5. The molecule has 4 nitrogen and oxygen atoms in total. The van der Waals surface area contributed by atoms with E-state index in [4.69, 9.17) is 14.4 Å². The van der Waals surface area contributed by atoms with E-state index in [1.165, 1.54) is 16.2 Å². The molecule has 8 aromatic carbocycles. The van der Waals surface area contributed by atoms with E-state index in [1.807, 2.05) is 36.4 Å². The Labute approximate surface area is 295 Å². The molecule has 4 heteroatoms. The number of furan rings is 1. The third kappa shape index (κ3) is 5.17. The van der Waals surface area contributed by atoms with Crippen molar-refractivity contribution in [1.82, 2.24) is 5.32 Å². The number of fused-ring (bicyclic) bond motifs is 5. The molecule has 0 aliphatic carbocycles. The van der Waals surface area contributed by atoms with Gasteiger partial charge in [-0.05, 0) is 68.1 Å². The maximum absolute atomic E-state index is 6.57. The molecule has 0 amide bonds. The van der Waals surface area contributed by atoms with E-state index in [2.05, 4.69) is 145 Å². The lowest BCUT2D eigenvalue weighted by Crippen LogP contribution is -2.35. The zero-order valence-corrected chi connectivity index (χ0v) is 27.6. The lowest BCUT2D eigenvalue weighted by atomic mass is 9.89. The Kier molecular flexibility index (Phi) is 6.85. The number of hydrogen-bond acceptors (Lipinski definition) is 4. The molecule has 0 radical (unpaired) electrons. The summed E-state index contributed by atoms with van der Waals surface area (Å²) in [4.78, 5) is 10.2. The summed E-state index contributed by atoms with van der Waals surface area (Å²) in [6.07, 6.45) is -0.400. The first-order valence-electron chi connectivity index (χ1n) is 17.3. The normalized spacial score (nSPS) is 13.4. The first kappa shape index (κ1) is 29.2. The van der Waals surface area contributed by atoms with E-state index in [0.717, 1.165) is 77.9 Å². The zero-order chi connectivity index (χ0) is 33.7. The highest BCUT2D eigenvalue weighted by atomic mass is 16.3. The van der Waals surface area contributed by atoms with Crippen molar-refractivity contribution >= 4 is 55.2 Å². The molecule has 0 saturated heterocycles. The average molecular weight is 654 g/mol. The summed E-state index contributed by atoms with van der Waals surface area (Å²) in [5.74, 6) is 1.61. The zero-order valence-electron chi connectivity index (χ0n) is 27.6. The first-order valence-corrected chi connectivity index (χ1v) is 17.3.